The third kappa shape index (κ3) is 5.82. The SMILES string of the molecule is N=C(OCCCc1cccc(Cl)c1)C(Cl)(Cl)Cl. The van der Waals surface area contributed by atoms with Crippen molar-refractivity contribution < 1.29 is 4.74 Å². The Balaban J connectivity index is 2.28. The third-order valence-corrected chi connectivity index (χ3v) is 2.75. The molecule has 0 aliphatic heterocycles. The standard InChI is InChI=1S/C11H11Cl4NO/c12-9-5-1-3-8(7-9)4-2-6-17-10(16)11(13,14)15/h1,3,5,7,16H,2,4,6H2. The van der Waals surface area contributed by atoms with Gasteiger partial charge in [0.25, 0.3) is 3.79 Å². The van der Waals surface area contributed by atoms with Gasteiger partial charge in [0.05, 0.1) is 6.61 Å². The minimum absolute atomic E-state index is 0.333. The van der Waals surface area contributed by atoms with Crippen LogP contribution >= 0.6 is 46.4 Å². The van der Waals surface area contributed by atoms with E-state index in [0.717, 1.165) is 18.4 Å². The van der Waals surface area contributed by atoms with Crippen LogP contribution < -0.4 is 0 Å². The van der Waals surface area contributed by atoms with E-state index in [1.54, 1.807) is 0 Å². The first-order valence-electron chi connectivity index (χ1n) is 4.92. The summed E-state index contributed by atoms with van der Waals surface area (Å²) in [5.41, 5.74) is 1.11. The van der Waals surface area contributed by atoms with Gasteiger partial charge in [-0.15, -0.1) is 0 Å². The van der Waals surface area contributed by atoms with Crippen LogP contribution in [0.2, 0.25) is 5.02 Å². The van der Waals surface area contributed by atoms with Crippen LogP contribution in [0.5, 0.6) is 0 Å². The predicted molar refractivity (Wildman–Crippen MR) is 73.7 cm³/mol. The number of aryl methyl sites for hydroxylation is 1. The lowest BCUT2D eigenvalue weighted by Gasteiger charge is -2.13. The second kappa shape index (κ2) is 6.69. The van der Waals surface area contributed by atoms with Crippen LogP contribution in [0.15, 0.2) is 24.3 Å². The topological polar surface area (TPSA) is 33.1 Å². The maximum Gasteiger partial charge on any atom is 0.265 e. The summed E-state index contributed by atoms with van der Waals surface area (Å²) in [5.74, 6) is -0.353. The molecule has 0 aliphatic rings. The fraction of sp³-hybridized carbons (Fsp3) is 0.364. The van der Waals surface area contributed by atoms with Gasteiger partial charge in [-0.05, 0) is 30.5 Å². The van der Waals surface area contributed by atoms with Crippen LogP contribution in [0, 0.1) is 5.41 Å². The molecular formula is C11H11Cl4NO. The Morgan fingerprint density at radius 2 is 2.00 bits per heavy atom. The van der Waals surface area contributed by atoms with Crippen molar-refractivity contribution in [3.63, 3.8) is 0 Å². The molecule has 0 saturated heterocycles. The Labute approximate surface area is 120 Å². The van der Waals surface area contributed by atoms with Crippen LogP contribution in [0.25, 0.3) is 0 Å². The lowest BCUT2D eigenvalue weighted by Crippen LogP contribution is -2.21. The molecule has 0 unspecified atom stereocenters. The van der Waals surface area contributed by atoms with Crippen molar-refractivity contribution in [3.05, 3.63) is 34.9 Å². The first-order valence-corrected chi connectivity index (χ1v) is 6.44. The molecule has 0 bridgehead atoms. The highest BCUT2D eigenvalue weighted by Crippen LogP contribution is 2.27. The molecule has 94 valence electrons. The van der Waals surface area contributed by atoms with E-state index in [1.807, 2.05) is 24.3 Å². The zero-order chi connectivity index (χ0) is 12.9. The van der Waals surface area contributed by atoms with Gasteiger partial charge in [0.15, 0.2) is 0 Å². The van der Waals surface area contributed by atoms with Crippen molar-refractivity contribution in [2.24, 2.45) is 0 Å². The molecule has 0 saturated carbocycles. The predicted octanol–water partition coefficient (Wildman–Crippen LogP) is 4.64. The van der Waals surface area contributed by atoms with Gasteiger partial charge in [0.2, 0.25) is 5.90 Å². The molecule has 0 amide bonds. The van der Waals surface area contributed by atoms with Gasteiger partial charge in [-0.1, -0.05) is 58.5 Å². The van der Waals surface area contributed by atoms with Crippen molar-refractivity contribution in [1.82, 2.24) is 0 Å². The smallest absolute Gasteiger partial charge is 0.265 e. The average molecular weight is 315 g/mol. The molecule has 0 aliphatic carbocycles. The van der Waals surface area contributed by atoms with Crippen molar-refractivity contribution in [1.29, 1.82) is 5.41 Å². The Morgan fingerprint density at radius 3 is 2.59 bits per heavy atom. The van der Waals surface area contributed by atoms with Crippen LogP contribution in [0.3, 0.4) is 0 Å². The summed E-state index contributed by atoms with van der Waals surface area (Å²) in [7, 11) is 0. The minimum Gasteiger partial charge on any atom is -0.478 e. The minimum atomic E-state index is -1.78. The van der Waals surface area contributed by atoms with Gasteiger partial charge in [0, 0.05) is 5.02 Å². The lowest BCUT2D eigenvalue weighted by molar-refractivity contribution is 0.290. The fourth-order valence-corrected chi connectivity index (χ4v) is 1.60. The number of rotatable bonds is 4. The maximum absolute atomic E-state index is 7.32. The summed E-state index contributed by atoms with van der Waals surface area (Å²) in [6.07, 6.45) is 1.52. The largest absolute Gasteiger partial charge is 0.478 e. The molecule has 2 nitrogen and oxygen atoms in total. The Bertz CT molecular complexity index is 389. The van der Waals surface area contributed by atoms with Crippen LogP contribution in [-0.4, -0.2) is 16.3 Å². The lowest BCUT2D eigenvalue weighted by atomic mass is 10.1. The molecule has 1 rings (SSSR count). The summed E-state index contributed by atoms with van der Waals surface area (Å²) in [5, 5.41) is 8.02. The first-order chi connectivity index (χ1) is 7.89. The number of ether oxygens (including phenoxy) is 1. The van der Waals surface area contributed by atoms with Gasteiger partial charge in [-0.3, -0.25) is 5.41 Å². The molecule has 0 heterocycles. The molecule has 0 aromatic heterocycles. The van der Waals surface area contributed by atoms with Gasteiger partial charge >= 0.3 is 0 Å². The van der Waals surface area contributed by atoms with Gasteiger partial charge in [-0.2, -0.15) is 0 Å². The summed E-state index contributed by atoms with van der Waals surface area (Å²) in [6.45, 7) is 0.333. The van der Waals surface area contributed by atoms with Gasteiger partial charge in [-0.25, -0.2) is 0 Å². The van der Waals surface area contributed by atoms with Crippen LogP contribution in [0.1, 0.15) is 12.0 Å². The van der Waals surface area contributed by atoms with Crippen LogP contribution in [0.4, 0.5) is 0 Å². The van der Waals surface area contributed by atoms with E-state index < -0.39 is 3.79 Å². The van der Waals surface area contributed by atoms with Crippen molar-refractivity contribution in [3.8, 4) is 0 Å². The second-order valence-electron chi connectivity index (χ2n) is 3.41. The fourth-order valence-electron chi connectivity index (χ4n) is 1.22. The third-order valence-electron chi connectivity index (χ3n) is 2.00. The van der Waals surface area contributed by atoms with Crippen molar-refractivity contribution >= 4 is 52.3 Å². The summed E-state index contributed by atoms with van der Waals surface area (Å²) >= 11 is 22.2. The second-order valence-corrected chi connectivity index (χ2v) is 6.13. The number of nitrogens with one attached hydrogen (secondary N) is 1. The number of alkyl halides is 3. The van der Waals surface area contributed by atoms with Crippen molar-refractivity contribution in [2.45, 2.75) is 16.6 Å². The molecule has 0 fully saturated rings. The monoisotopic (exact) mass is 313 g/mol. The summed E-state index contributed by atoms with van der Waals surface area (Å²) < 4.78 is 3.23. The van der Waals surface area contributed by atoms with E-state index in [4.69, 9.17) is 56.5 Å². The zero-order valence-corrected chi connectivity index (χ0v) is 11.9. The van der Waals surface area contributed by atoms with E-state index in [9.17, 15) is 0 Å². The Kier molecular flexibility index (Phi) is 5.87. The highest BCUT2D eigenvalue weighted by molar-refractivity contribution is 6.76. The maximum atomic E-state index is 7.32. The van der Waals surface area contributed by atoms with Crippen LogP contribution in [-0.2, 0) is 11.2 Å². The Morgan fingerprint density at radius 1 is 1.29 bits per heavy atom. The molecule has 1 N–H and O–H groups in total. The highest BCUT2D eigenvalue weighted by Gasteiger charge is 2.28. The number of benzene rings is 1. The van der Waals surface area contributed by atoms with Crippen molar-refractivity contribution in [2.75, 3.05) is 6.61 Å². The molecular weight excluding hydrogens is 304 g/mol. The van der Waals surface area contributed by atoms with E-state index >= 15 is 0 Å². The molecule has 6 heteroatoms. The van der Waals surface area contributed by atoms with E-state index in [1.165, 1.54) is 0 Å². The van der Waals surface area contributed by atoms with E-state index in [-0.39, 0.29) is 5.90 Å². The quantitative estimate of drug-likeness (QED) is 0.373. The molecule has 17 heavy (non-hydrogen) atoms. The van der Waals surface area contributed by atoms with E-state index in [2.05, 4.69) is 0 Å². The highest BCUT2D eigenvalue weighted by atomic mass is 35.6. The molecule has 0 radical (unpaired) electrons. The Hall–Kier alpha value is -0.150. The number of hydrogen-bond acceptors (Lipinski definition) is 2. The average Bonchev–Trinajstić information content (AvgIpc) is 2.23. The molecule has 1 aromatic carbocycles. The first kappa shape index (κ1) is 14.9. The summed E-state index contributed by atoms with van der Waals surface area (Å²) in [6, 6.07) is 7.58. The van der Waals surface area contributed by atoms with E-state index in [0.29, 0.717) is 11.6 Å². The molecule has 0 atom stereocenters. The van der Waals surface area contributed by atoms with Gasteiger partial charge < -0.3 is 4.74 Å². The number of hydrogen-bond donors (Lipinski definition) is 1. The zero-order valence-electron chi connectivity index (χ0n) is 8.85. The normalized spacial score (nSPS) is 11.3. The number of halogens is 4. The van der Waals surface area contributed by atoms with Gasteiger partial charge in [0.1, 0.15) is 0 Å². The molecule has 0 spiro atoms. The summed E-state index contributed by atoms with van der Waals surface area (Å²) in [4.78, 5) is 0. The molecule has 1 aromatic rings.